The smallest absolute Gasteiger partial charge is 0.326 e. The molecule has 0 aliphatic heterocycles. The summed E-state index contributed by atoms with van der Waals surface area (Å²) in [7, 11) is 2.69. The van der Waals surface area contributed by atoms with Crippen LogP contribution in [-0.4, -0.2) is 126 Å². The van der Waals surface area contributed by atoms with Crippen molar-refractivity contribution in [2.45, 2.75) is 88.3 Å². The zero-order valence-corrected chi connectivity index (χ0v) is 27.7. The van der Waals surface area contributed by atoms with E-state index in [-0.39, 0.29) is 10.5 Å². The highest BCUT2D eigenvalue weighted by Crippen LogP contribution is 2.35. The van der Waals surface area contributed by atoms with Gasteiger partial charge in [0.1, 0.15) is 30.2 Å². The van der Waals surface area contributed by atoms with Crippen LogP contribution in [0, 0.1) is 0 Å². The van der Waals surface area contributed by atoms with Crippen molar-refractivity contribution in [1.29, 1.82) is 0 Å². The number of carboxylic acid groups (broad SMARTS) is 5. The van der Waals surface area contributed by atoms with E-state index < -0.39 is 115 Å². The zero-order chi connectivity index (χ0) is 37.4. The lowest BCUT2D eigenvalue weighted by molar-refractivity contribution is -0.148. The van der Waals surface area contributed by atoms with Crippen molar-refractivity contribution >= 4 is 81.0 Å². The van der Waals surface area contributed by atoms with E-state index in [9.17, 15) is 63.3 Å². The number of nitrogens with one attached hydrogen (secondary N) is 6. The molecule has 0 fully saturated rings. The number of carboxylic acids is 5. The maximum absolute atomic E-state index is 12.6. The van der Waals surface area contributed by atoms with E-state index in [4.69, 9.17) is 10.2 Å². The molecule has 0 aliphatic rings. The Morgan fingerprint density at radius 2 is 0.938 bits per heavy atom. The molecule has 270 valence electrons. The van der Waals surface area contributed by atoms with Crippen molar-refractivity contribution in [2.24, 2.45) is 0 Å². The van der Waals surface area contributed by atoms with Crippen LogP contribution in [0.2, 0.25) is 0 Å². The molecular formula is C25H38N6O15S2. The number of hydrogen-bond donors (Lipinski definition) is 11. The van der Waals surface area contributed by atoms with E-state index in [1.165, 1.54) is 28.5 Å². The Kier molecular flexibility index (Phi) is 18.6. The lowest BCUT2D eigenvalue weighted by Crippen LogP contribution is -2.56. The molecule has 0 aromatic carbocycles. The van der Waals surface area contributed by atoms with Gasteiger partial charge in [0, 0.05) is 17.4 Å². The normalized spacial score (nSPS) is 14.1. The molecule has 0 aromatic rings. The van der Waals surface area contributed by atoms with Crippen LogP contribution in [0.1, 0.15) is 53.4 Å². The summed E-state index contributed by atoms with van der Waals surface area (Å²) in [6.45, 7) is 6.93. The number of hydrazine groups is 1. The molecule has 23 heteroatoms. The quantitative estimate of drug-likeness (QED) is 0.0393. The van der Waals surface area contributed by atoms with Gasteiger partial charge in [0.05, 0.1) is 25.7 Å². The average Bonchev–Trinajstić information content (AvgIpc) is 2.91. The summed E-state index contributed by atoms with van der Waals surface area (Å²) in [5.41, 5.74) is 4.20. The number of carbonyl (C=O) groups excluding carboxylic acids is 5. The maximum atomic E-state index is 12.6. The Labute approximate surface area is 280 Å². The molecule has 0 bridgehead atoms. The summed E-state index contributed by atoms with van der Waals surface area (Å²) in [6, 6.07) is -8.90. The fourth-order valence-corrected chi connectivity index (χ4v) is 5.71. The molecule has 0 rings (SSSR count). The third-order valence-electron chi connectivity index (χ3n) is 5.35. The molecule has 0 saturated carbocycles. The first-order valence-corrected chi connectivity index (χ1v) is 16.0. The largest absolute Gasteiger partial charge is 0.481 e. The molecule has 5 atom stereocenters. The summed E-state index contributed by atoms with van der Waals surface area (Å²) in [5, 5.41) is 53.9. The van der Waals surface area contributed by atoms with Crippen molar-refractivity contribution < 1.29 is 73.5 Å². The van der Waals surface area contributed by atoms with E-state index in [1.54, 1.807) is 5.32 Å². The Balaban J connectivity index is 5.34. The Morgan fingerprint density at radius 1 is 0.562 bits per heavy atom. The van der Waals surface area contributed by atoms with Crippen LogP contribution >= 0.6 is 21.6 Å². The summed E-state index contributed by atoms with van der Waals surface area (Å²) in [6.07, 6.45) is -4.19. The first kappa shape index (κ1) is 43.4. The standard InChI is InChI=1S/C25H38N6O15S2/c1-10(32)26-15(9-47-48-25(2,3)4)20(38)31-30-14(24(45)46)7-18(35)28-12(22(41)42)5-16(33)27-11(21(39)40)6-17(34)29-13(23(43)44)8-19(36)37/h11-15,30H,5-9H2,1-4H3,(H,26,32)(H,27,33)(H,28,35)(H,29,34)(H,31,38)(H,36,37)(H,39,40)(H,41,42)(H,43,44)(H,45,46). The summed E-state index contributed by atoms with van der Waals surface area (Å²) in [4.78, 5) is 118. The molecule has 0 heterocycles. The first-order valence-electron chi connectivity index (χ1n) is 13.7. The molecule has 0 saturated heterocycles. The number of hydrogen-bond acceptors (Lipinski definition) is 13. The predicted octanol–water partition coefficient (Wildman–Crippen LogP) is -2.90. The minimum atomic E-state index is -2.03. The lowest BCUT2D eigenvalue weighted by atomic mass is 10.1. The third-order valence-corrected chi connectivity index (χ3v) is 8.70. The number of amides is 5. The average molecular weight is 727 g/mol. The molecule has 0 aromatic heterocycles. The monoisotopic (exact) mass is 726 g/mol. The van der Waals surface area contributed by atoms with E-state index in [1.807, 2.05) is 31.4 Å². The molecule has 0 aliphatic carbocycles. The highest BCUT2D eigenvalue weighted by molar-refractivity contribution is 8.77. The van der Waals surface area contributed by atoms with E-state index in [0.29, 0.717) is 0 Å². The molecule has 11 N–H and O–H groups in total. The van der Waals surface area contributed by atoms with Gasteiger partial charge in [-0.3, -0.25) is 39.0 Å². The molecule has 5 amide bonds. The van der Waals surface area contributed by atoms with Crippen molar-refractivity contribution in [2.75, 3.05) is 5.75 Å². The highest BCUT2D eigenvalue weighted by atomic mass is 33.1. The van der Waals surface area contributed by atoms with Gasteiger partial charge in [-0.05, 0) is 0 Å². The molecular weight excluding hydrogens is 688 g/mol. The summed E-state index contributed by atoms with van der Waals surface area (Å²) in [5.74, 6) is -13.7. The Bertz CT molecular complexity index is 1260. The van der Waals surface area contributed by atoms with Crippen LogP contribution < -0.4 is 32.1 Å². The van der Waals surface area contributed by atoms with Crippen molar-refractivity contribution in [3.05, 3.63) is 0 Å². The van der Waals surface area contributed by atoms with Gasteiger partial charge in [-0.1, -0.05) is 42.4 Å². The fraction of sp³-hybridized carbons (Fsp3) is 0.600. The van der Waals surface area contributed by atoms with Gasteiger partial charge in [-0.15, -0.1) is 0 Å². The van der Waals surface area contributed by atoms with E-state index in [2.05, 4.69) is 16.2 Å². The van der Waals surface area contributed by atoms with Crippen LogP contribution in [0.3, 0.4) is 0 Å². The van der Waals surface area contributed by atoms with Gasteiger partial charge in [-0.2, -0.15) is 0 Å². The minimum Gasteiger partial charge on any atom is -0.481 e. The molecule has 0 radical (unpaired) electrons. The maximum Gasteiger partial charge on any atom is 0.326 e. The van der Waals surface area contributed by atoms with Crippen LogP contribution in [0.25, 0.3) is 0 Å². The summed E-state index contributed by atoms with van der Waals surface area (Å²) < 4.78 is -0.178. The second-order valence-electron chi connectivity index (χ2n) is 10.8. The predicted molar refractivity (Wildman–Crippen MR) is 165 cm³/mol. The second kappa shape index (κ2) is 20.6. The minimum absolute atomic E-state index is 0.0938. The van der Waals surface area contributed by atoms with Gasteiger partial charge < -0.3 is 46.8 Å². The van der Waals surface area contributed by atoms with Gasteiger partial charge in [0.15, 0.2) is 0 Å². The number of carbonyl (C=O) groups is 10. The Hall–Kier alpha value is -4.64. The topological polar surface area (TPSA) is 344 Å². The van der Waals surface area contributed by atoms with Crippen molar-refractivity contribution in [1.82, 2.24) is 32.1 Å². The van der Waals surface area contributed by atoms with Gasteiger partial charge in [0.25, 0.3) is 5.91 Å². The van der Waals surface area contributed by atoms with Crippen LogP contribution in [-0.2, 0) is 47.9 Å². The molecule has 0 spiro atoms. The summed E-state index contributed by atoms with van der Waals surface area (Å²) >= 11 is 0. The Morgan fingerprint density at radius 3 is 1.27 bits per heavy atom. The fourth-order valence-electron chi connectivity index (χ4n) is 3.24. The van der Waals surface area contributed by atoms with Gasteiger partial charge >= 0.3 is 29.8 Å². The third kappa shape index (κ3) is 19.1. The second-order valence-corrected chi connectivity index (χ2v) is 14.0. The SMILES string of the molecule is CC(=O)NC(CSSC(C)(C)C)C(=O)NNC(CC(=O)NC(CC(=O)NC(CC(=O)NC(CC(=O)O)C(=O)O)C(=O)O)C(=O)O)C(=O)O. The molecule has 21 nitrogen and oxygen atoms in total. The number of aliphatic carboxylic acids is 5. The number of rotatable bonds is 22. The zero-order valence-electron chi connectivity index (χ0n) is 26.1. The van der Waals surface area contributed by atoms with Crippen LogP contribution in [0.15, 0.2) is 0 Å². The van der Waals surface area contributed by atoms with Crippen molar-refractivity contribution in [3.8, 4) is 0 Å². The molecule has 5 unspecified atom stereocenters. The van der Waals surface area contributed by atoms with E-state index in [0.717, 1.165) is 0 Å². The lowest BCUT2D eigenvalue weighted by Gasteiger charge is -2.22. The van der Waals surface area contributed by atoms with Crippen LogP contribution in [0.5, 0.6) is 0 Å². The molecule has 48 heavy (non-hydrogen) atoms. The van der Waals surface area contributed by atoms with Gasteiger partial charge in [-0.25, -0.2) is 19.8 Å². The van der Waals surface area contributed by atoms with Crippen molar-refractivity contribution in [3.63, 3.8) is 0 Å². The highest BCUT2D eigenvalue weighted by Gasteiger charge is 2.31. The van der Waals surface area contributed by atoms with E-state index >= 15 is 0 Å². The first-order chi connectivity index (χ1) is 22.0. The van der Waals surface area contributed by atoms with Crippen LogP contribution in [0.4, 0.5) is 0 Å². The van der Waals surface area contributed by atoms with Gasteiger partial charge in [0.2, 0.25) is 23.6 Å².